The lowest BCUT2D eigenvalue weighted by molar-refractivity contribution is -0.697. The molecule has 0 N–H and O–H groups in total. The van der Waals surface area contributed by atoms with Gasteiger partial charge < -0.3 is 4.55 Å². The number of aromatic nitrogens is 1. The van der Waals surface area contributed by atoms with Crippen LogP contribution in [0.1, 0.15) is 18.4 Å². The second-order valence-electron chi connectivity index (χ2n) is 3.86. The first-order valence-corrected chi connectivity index (χ1v) is 8.18. The van der Waals surface area contributed by atoms with Gasteiger partial charge in [-0.15, -0.1) is 0 Å². The lowest BCUT2D eigenvalue weighted by atomic mass is 10.2. The number of alkyl halides is 1. The molecule has 0 bridgehead atoms. The van der Waals surface area contributed by atoms with E-state index in [-0.39, 0.29) is 5.75 Å². The summed E-state index contributed by atoms with van der Waals surface area (Å²) < 4.78 is 33.3. The molecular weight excluding hydrogens is 306 g/mol. The highest BCUT2D eigenvalue weighted by Gasteiger charge is 2.04. The standard InChI is InChI=1S/C11H16BrNO3S/c12-6-1-4-11-5-2-7-13(10-11)8-3-9-17(14,15)16/h2,5,7,10H,1,3-4,6,8-9H2. The summed E-state index contributed by atoms with van der Waals surface area (Å²) >= 11 is 3.38. The summed E-state index contributed by atoms with van der Waals surface area (Å²) in [6.07, 6.45) is 6.30. The first-order valence-electron chi connectivity index (χ1n) is 5.49. The Morgan fingerprint density at radius 2 is 2.12 bits per heavy atom. The molecule has 0 fully saturated rings. The molecule has 1 aromatic rings. The maximum atomic E-state index is 10.5. The van der Waals surface area contributed by atoms with Gasteiger partial charge in [0.15, 0.2) is 12.4 Å². The van der Waals surface area contributed by atoms with Crippen LogP contribution in [0.3, 0.4) is 0 Å². The van der Waals surface area contributed by atoms with Crippen LogP contribution in [0.5, 0.6) is 0 Å². The first-order chi connectivity index (χ1) is 8.01. The molecule has 1 rings (SSSR count). The van der Waals surface area contributed by atoms with Crippen LogP contribution in [0, 0.1) is 0 Å². The van der Waals surface area contributed by atoms with Crippen LogP contribution in [0.15, 0.2) is 24.5 Å². The molecule has 0 atom stereocenters. The average molecular weight is 322 g/mol. The van der Waals surface area contributed by atoms with E-state index in [0.29, 0.717) is 13.0 Å². The zero-order chi connectivity index (χ0) is 12.7. The topological polar surface area (TPSA) is 61.1 Å². The van der Waals surface area contributed by atoms with Gasteiger partial charge in [-0.25, -0.2) is 13.0 Å². The normalized spacial score (nSPS) is 11.6. The van der Waals surface area contributed by atoms with E-state index in [1.807, 2.05) is 29.1 Å². The molecule has 4 nitrogen and oxygen atoms in total. The van der Waals surface area contributed by atoms with E-state index >= 15 is 0 Å². The molecule has 0 saturated heterocycles. The smallest absolute Gasteiger partial charge is 0.171 e. The molecule has 0 aromatic carbocycles. The van der Waals surface area contributed by atoms with Crippen molar-refractivity contribution in [2.45, 2.75) is 25.8 Å². The predicted octanol–water partition coefficient (Wildman–Crippen LogP) is 1.24. The van der Waals surface area contributed by atoms with Gasteiger partial charge in [-0.1, -0.05) is 15.9 Å². The summed E-state index contributed by atoms with van der Waals surface area (Å²) in [6, 6.07) is 3.98. The van der Waals surface area contributed by atoms with Crippen LogP contribution in [0.25, 0.3) is 0 Å². The van der Waals surface area contributed by atoms with E-state index in [9.17, 15) is 13.0 Å². The van der Waals surface area contributed by atoms with Crippen molar-refractivity contribution in [1.82, 2.24) is 0 Å². The second kappa shape index (κ2) is 7.08. The van der Waals surface area contributed by atoms with Crippen molar-refractivity contribution < 1.29 is 17.5 Å². The number of rotatable bonds is 7. The predicted molar refractivity (Wildman–Crippen MR) is 67.9 cm³/mol. The third-order valence-electron chi connectivity index (χ3n) is 2.33. The Balaban J connectivity index is 2.48. The van der Waals surface area contributed by atoms with Crippen LogP contribution < -0.4 is 4.57 Å². The van der Waals surface area contributed by atoms with E-state index in [4.69, 9.17) is 0 Å². The van der Waals surface area contributed by atoms with Crippen molar-refractivity contribution in [3.63, 3.8) is 0 Å². The fourth-order valence-electron chi connectivity index (χ4n) is 1.56. The van der Waals surface area contributed by atoms with Crippen molar-refractivity contribution in [3.8, 4) is 0 Å². The van der Waals surface area contributed by atoms with Crippen molar-refractivity contribution in [2.24, 2.45) is 0 Å². The Hall–Kier alpha value is -0.460. The van der Waals surface area contributed by atoms with Crippen LogP contribution in [0.2, 0.25) is 0 Å². The van der Waals surface area contributed by atoms with E-state index in [2.05, 4.69) is 15.9 Å². The largest absolute Gasteiger partial charge is 0.748 e. The Labute approximate surface area is 111 Å². The van der Waals surface area contributed by atoms with Gasteiger partial charge in [0.2, 0.25) is 0 Å². The summed E-state index contributed by atoms with van der Waals surface area (Å²) in [7, 11) is -4.09. The zero-order valence-corrected chi connectivity index (χ0v) is 11.9. The Kier molecular flexibility index (Phi) is 6.08. The van der Waals surface area contributed by atoms with E-state index in [0.717, 1.165) is 18.2 Å². The van der Waals surface area contributed by atoms with Gasteiger partial charge in [-0.2, -0.15) is 0 Å². The zero-order valence-electron chi connectivity index (χ0n) is 9.51. The van der Waals surface area contributed by atoms with Crippen molar-refractivity contribution in [3.05, 3.63) is 30.1 Å². The number of pyridine rings is 1. The highest BCUT2D eigenvalue weighted by molar-refractivity contribution is 9.09. The maximum absolute atomic E-state index is 10.5. The molecule has 0 unspecified atom stereocenters. The molecule has 0 radical (unpaired) electrons. The summed E-state index contributed by atoms with van der Waals surface area (Å²) in [6.45, 7) is 0.559. The van der Waals surface area contributed by atoms with Gasteiger partial charge >= 0.3 is 0 Å². The van der Waals surface area contributed by atoms with E-state index in [1.54, 1.807) is 0 Å². The molecule has 0 spiro atoms. The molecule has 0 aliphatic rings. The Bertz CT molecular complexity index is 448. The summed E-state index contributed by atoms with van der Waals surface area (Å²) in [5.41, 5.74) is 1.22. The van der Waals surface area contributed by atoms with E-state index in [1.165, 1.54) is 5.56 Å². The van der Waals surface area contributed by atoms with Crippen molar-refractivity contribution in [2.75, 3.05) is 11.1 Å². The molecule has 17 heavy (non-hydrogen) atoms. The minimum atomic E-state index is -4.09. The van der Waals surface area contributed by atoms with Gasteiger partial charge in [-0.05, 0) is 18.9 Å². The number of nitrogens with zero attached hydrogens (tertiary/aromatic N) is 1. The highest BCUT2D eigenvalue weighted by Crippen LogP contribution is 2.01. The quantitative estimate of drug-likeness (QED) is 0.431. The fraction of sp³-hybridized carbons (Fsp3) is 0.545. The molecule has 1 heterocycles. The van der Waals surface area contributed by atoms with Crippen LogP contribution >= 0.6 is 15.9 Å². The lowest BCUT2D eigenvalue weighted by Gasteiger charge is -2.04. The average Bonchev–Trinajstić information content (AvgIpc) is 2.25. The molecule has 0 saturated carbocycles. The van der Waals surface area contributed by atoms with Crippen molar-refractivity contribution in [1.29, 1.82) is 0 Å². The Morgan fingerprint density at radius 1 is 1.35 bits per heavy atom. The summed E-state index contributed by atoms with van der Waals surface area (Å²) in [5, 5.41) is 0.969. The maximum Gasteiger partial charge on any atom is 0.171 e. The molecule has 0 aliphatic carbocycles. The first kappa shape index (κ1) is 14.6. The third kappa shape index (κ3) is 6.75. The molecule has 0 aliphatic heterocycles. The Morgan fingerprint density at radius 3 is 2.76 bits per heavy atom. The molecule has 6 heteroatoms. The van der Waals surface area contributed by atoms with Crippen LogP contribution in [0.4, 0.5) is 0 Å². The summed E-state index contributed by atoms with van der Waals surface area (Å²) in [5.74, 6) is -0.300. The molecule has 1 aromatic heterocycles. The van der Waals surface area contributed by atoms with Crippen molar-refractivity contribution >= 4 is 26.0 Å². The van der Waals surface area contributed by atoms with Gasteiger partial charge in [0.05, 0.1) is 10.1 Å². The van der Waals surface area contributed by atoms with E-state index < -0.39 is 10.1 Å². The number of hydrogen-bond acceptors (Lipinski definition) is 3. The minimum Gasteiger partial charge on any atom is -0.748 e. The minimum absolute atomic E-state index is 0.300. The fourth-order valence-corrected chi connectivity index (χ4v) is 2.32. The molecular formula is C11H16BrNO3S. The number of halogens is 1. The number of hydrogen-bond donors (Lipinski definition) is 0. The van der Waals surface area contributed by atoms with Gasteiger partial charge in [0, 0.05) is 29.1 Å². The SMILES string of the molecule is O=S(=O)([O-])CCC[n+]1cccc(CCCBr)c1. The van der Waals surface area contributed by atoms with Gasteiger partial charge in [0.25, 0.3) is 0 Å². The lowest BCUT2D eigenvalue weighted by Crippen LogP contribution is -2.34. The molecule has 96 valence electrons. The van der Waals surface area contributed by atoms with Crippen LogP contribution in [-0.2, 0) is 23.1 Å². The highest BCUT2D eigenvalue weighted by atomic mass is 79.9. The number of aryl methyl sites for hydroxylation is 2. The monoisotopic (exact) mass is 321 g/mol. The second-order valence-corrected chi connectivity index (χ2v) is 6.17. The summed E-state index contributed by atoms with van der Waals surface area (Å²) in [4.78, 5) is 0. The van der Waals surface area contributed by atoms with Gasteiger partial charge in [-0.3, -0.25) is 0 Å². The van der Waals surface area contributed by atoms with Gasteiger partial charge in [0.1, 0.15) is 6.54 Å². The third-order valence-corrected chi connectivity index (χ3v) is 3.68. The molecule has 0 amide bonds. The van der Waals surface area contributed by atoms with Crippen LogP contribution in [-0.4, -0.2) is 24.1 Å².